The monoisotopic (exact) mass is 692 g/mol. The third-order valence-corrected chi connectivity index (χ3v) is 8.35. The number of hydrogen-bond acceptors (Lipinski definition) is 11. The summed E-state index contributed by atoms with van der Waals surface area (Å²) in [6, 6.07) is 6.50. The van der Waals surface area contributed by atoms with Crippen LogP contribution in [0.15, 0.2) is 29.2 Å². The first-order valence-electron chi connectivity index (χ1n) is 17.6. The van der Waals surface area contributed by atoms with Crippen molar-refractivity contribution in [2.24, 2.45) is 0 Å². The van der Waals surface area contributed by atoms with E-state index in [1.54, 1.807) is 12.1 Å². The van der Waals surface area contributed by atoms with E-state index in [-0.39, 0.29) is 18.1 Å². The minimum atomic E-state index is -3.77. The molecule has 0 aromatic heterocycles. The summed E-state index contributed by atoms with van der Waals surface area (Å²) in [5.41, 5.74) is 0.980. The van der Waals surface area contributed by atoms with Crippen LogP contribution in [0.4, 0.5) is 0 Å². The highest BCUT2D eigenvalue weighted by Crippen LogP contribution is 2.13. The lowest BCUT2D eigenvalue weighted by atomic mass is 10.1. The minimum absolute atomic E-state index is 0.0519. The van der Waals surface area contributed by atoms with Crippen LogP contribution in [0.2, 0.25) is 0 Å². The standard InChI is InChI=1S/C35H64O11S/c1-3-4-5-6-7-8-9-10-11-12-17-38-18-19-39-20-21-40-22-23-41-24-25-42-26-27-43-28-29-44-30-31-45-32-33-46-47(36,37)35-15-13-34(2)14-16-35/h13-16H,3-12,17-33H2,1-2H3. The third-order valence-electron chi connectivity index (χ3n) is 7.02. The van der Waals surface area contributed by atoms with Crippen molar-refractivity contribution >= 4 is 10.1 Å². The minimum Gasteiger partial charge on any atom is -0.379 e. The maximum absolute atomic E-state index is 12.1. The van der Waals surface area contributed by atoms with E-state index in [0.29, 0.717) is 92.5 Å². The summed E-state index contributed by atoms with van der Waals surface area (Å²) in [7, 11) is -3.77. The topological polar surface area (TPSA) is 117 Å². The van der Waals surface area contributed by atoms with Crippen molar-refractivity contribution in [3.8, 4) is 0 Å². The van der Waals surface area contributed by atoms with Crippen molar-refractivity contribution in [1.82, 2.24) is 0 Å². The Morgan fingerprint density at radius 2 is 0.702 bits per heavy atom. The predicted molar refractivity (Wildman–Crippen MR) is 183 cm³/mol. The molecule has 11 nitrogen and oxygen atoms in total. The maximum atomic E-state index is 12.1. The molecule has 1 aromatic rings. The van der Waals surface area contributed by atoms with Crippen molar-refractivity contribution < 1.29 is 50.5 Å². The first kappa shape index (κ1) is 43.8. The average Bonchev–Trinajstić information content (AvgIpc) is 3.06. The zero-order valence-electron chi connectivity index (χ0n) is 29.3. The normalized spacial score (nSPS) is 11.9. The van der Waals surface area contributed by atoms with Gasteiger partial charge in [0.25, 0.3) is 10.1 Å². The highest BCUT2D eigenvalue weighted by Gasteiger charge is 2.14. The van der Waals surface area contributed by atoms with E-state index in [0.717, 1.165) is 18.6 Å². The van der Waals surface area contributed by atoms with Gasteiger partial charge in [0.1, 0.15) is 0 Å². The van der Waals surface area contributed by atoms with E-state index in [9.17, 15) is 8.42 Å². The van der Waals surface area contributed by atoms with Crippen LogP contribution in [0.25, 0.3) is 0 Å². The van der Waals surface area contributed by atoms with Gasteiger partial charge in [-0.1, -0.05) is 82.4 Å². The first-order valence-corrected chi connectivity index (χ1v) is 19.0. The third kappa shape index (κ3) is 29.4. The van der Waals surface area contributed by atoms with Crippen molar-refractivity contribution in [3.05, 3.63) is 29.8 Å². The van der Waals surface area contributed by atoms with Crippen molar-refractivity contribution in [1.29, 1.82) is 0 Å². The first-order chi connectivity index (χ1) is 23.1. The summed E-state index contributed by atoms with van der Waals surface area (Å²) in [5.74, 6) is 0. The van der Waals surface area contributed by atoms with Crippen LogP contribution in [-0.2, 0) is 52.2 Å². The molecular weight excluding hydrogens is 628 g/mol. The highest BCUT2D eigenvalue weighted by molar-refractivity contribution is 7.86. The van der Waals surface area contributed by atoms with Crippen LogP contribution >= 0.6 is 0 Å². The van der Waals surface area contributed by atoms with Crippen molar-refractivity contribution in [2.75, 3.05) is 112 Å². The number of rotatable bonds is 37. The van der Waals surface area contributed by atoms with Crippen molar-refractivity contribution in [2.45, 2.75) is 83.0 Å². The van der Waals surface area contributed by atoms with Gasteiger partial charge in [-0.25, -0.2) is 0 Å². The van der Waals surface area contributed by atoms with Gasteiger partial charge >= 0.3 is 0 Å². The fourth-order valence-corrected chi connectivity index (χ4v) is 5.20. The number of aryl methyl sites for hydroxylation is 1. The van der Waals surface area contributed by atoms with Gasteiger partial charge in [0.2, 0.25) is 0 Å². The van der Waals surface area contributed by atoms with Gasteiger partial charge in [0.15, 0.2) is 0 Å². The lowest BCUT2D eigenvalue weighted by Crippen LogP contribution is -2.15. The summed E-state index contributed by atoms with van der Waals surface area (Å²) >= 11 is 0. The molecule has 47 heavy (non-hydrogen) atoms. The molecule has 0 heterocycles. The van der Waals surface area contributed by atoms with E-state index in [1.807, 2.05) is 6.92 Å². The molecule has 0 spiro atoms. The molecule has 0 unspecified atom stereocenters. The average molecular weight is 693 g/mol. The Balaban J connectivity index is 1.67. The zero-order chi connectivity index (χ0) is 33.9. The lowest BCUT2D eigenvalue weighted by Gasteiger charge is -2.09. The molecule has 0 aliphatic heterocycles. The Labute approximate surface area is 285 Å². The van der Waals surface area contributed by atoms with Crippen LogP contribution < -0.4 is 0 Å². The Bertz CT molecular complexity index is 884. The molecule has 0 aliphatic carbocycles. The van der Waals surface area contributed by atoms with E-state index in [4.69, 9.17) is 42.1 Å². The van der Waals surface area contributed by atoms with E-state index < -0.39 is 10.1 Å². The second-order valence-electron chi connectivity index (χ2n) is 11.2. The molecular formula is C35H64O11S. The van der Waals surface area contributed by atoms with Crippen LogP contribution in [0.5, 0.6) is 0 Å². The Morgan fingerprint density at radius 1 is 0.404 bits per heavy atom. The molecule has 0 saturated carbocycles. The van der Waals surface area contributed by atoms with E-state index in [2.05, 4.69) is 6.92 Å². The molecule has 0 bridgehead atoms. The molecule has 0 saturated heterocycles. The van der Waals surface area contributed by atoms with Gasteiger partial charge in [-0.3, -0.25) is 4.18 Å². The predicted octanol–water partition coefficient (Wildman–Crippen LogP) is 5.75. The fourth-order valence-electron chi connectivity index (χ4n) is 4.31. The number of hydrogen-bond donors (Lipinski definition) is 0. The summed E-state index contributed by atoms with van der Waals surface area (Å²) in [4.78, 5) is 0.134. The van der Waals surface area contributed by atoms with Gasteiger partial charge < -0.3 is 37.9 Å². The van der Waals surface area contributed by atoms with Gasteiger partial charge in [-0.05, 0) is 25.5 Å². The quantitative estimate of drug-likeness (QED) is 0.0627. The van der Waals surface area contributed by atoms with E-state index in [1.165, 1.54) is 69.9 Å². The largest absolute Gasteiger partial charge is 0.379 e. The molecule has 0 N–H and O–H groups in total. The molecule has 12 heteroatoms. The molecule has 0 radical (unpaired) electrons. The smallest absolute Gasteiger partial charge is 0.297 e. The summed E-state index contributed by atoms with van der Waals surface area (Å²) < 4.78 is 73.0. The molecule has 0 aliphatic rings. The van der Waals surface area contributed by atoms with E-state index >= 15 is 0 Å². The van der Waals surface area contributed by atoms with Crippen LogP contribution in [-0.4, -0.2) is 121 Å². The van der Waals surface area contributed by atoms with Crippen LogP contribution in [0.1, 0.15) is 76.7 Å². The number of ether oxygens (including phenoxy) is 8. The molecule has 0 atom stereocenters. The highest BCUT2D eigenvalue weighted by atomic mass is 32.2. The molecule has 1 aromatic carbocycles. The number of benzene rings is 1. The lowest BCUT2D eigenvalue weighted by molar-refractivity contribution is -0.0236. The van der Waals surface area contributed by atoms with Gasteiger partial charge in [0.05, 0.1) is 111 Å². The summed E-state index contributed by atoms with van der Waals surface area (Å²) in [6.45, 7) is 12.0. The van der Waals surface area contributed by atoms with Gasteiger partial charge in [-0.15, -0.1) is 0 Å². The second-order valence-corrected chi connectivity index (χ2v) is 12.8. The Morgan fingerprint density at radius 3 is 1.06 bits per heavy atom. The molecule has 0 amide bonds. The van der Waals surface area contributed by atoms with Crippen molar-refractivity contribution in [3.63, 3.8) is 0 Å². The number of unbranched alkanes of at least 4 members (excludes halogenated alkanes) is 9. The van der Waals surface area contributed by atoms with Crippen LogP contribution in [0.3, 0.4) is 0 Å². The summed E-state index contributed by atoms with van der Waals surface area (Å²) in [5, 5.41) is 0. The molecule has 1 rings (SSSR count). The summed E-state index contributed by atoms with van der Waals surface area (Å²) in [6.07, 6.45) is 13.4. The Hall–Kier alpha value is -1.19. The Kier molecular flexibility index (Phi) is 31.1. The fraction of sp³-hybridized carbons (Fsp3) is 0.829. The van der Waals surface area contributed by atoms with Crippen LogP contribution in [0, 0.1) is 6.92 Å². The maximum Gasteiger partial charge on any atom is 0.297 e. The zero-order valence-corrected chi connectivity index (χ0v) is 30.1. The van der Waals surface area contributed by atoms with Gasteiger partial charge in [-0.2, -0.15) is 8.42 Å². The molecule has 276 valence electrons. The van der Waals surface area contributed by atoms with Gasteiger partial charge in [0, 0.05) is 6.61 Å². The second kappa shape index (κ2) is 33.3. The SMILES string of the molecule is CCCCCCCCCCCCOCCOCCOCCOCCOCCOCCOCCOCCOS(=O)(=O)c1ccc(C)cc1. The molecule has 0 fully saturated rings.